The molecule has 1 fully saturated rings. The van der Waals surface area contributed by atoms with E-state index in [4.69, 9.17) is 15.0 Å². The van der Waals surface area contributed by atoms with Gasteiger partial charge < -0.3 is 15.0 Å². The molecule has 5 heteroatoms. The van der Waals surface area contributed by atoms with E-state index < -0.39 is 0 Å². The molecule has 476 valence electrons. The molecule has 0 radical (unpaired) electrons. The first-order valence-corrected chi connectivity index (χ1v) is 34.2. The summed E-state index contributed by atoms with van der Waals surface area (Å²) in [6.07, 6.45) is 8.71. The molecule has 2 unspecified atom stereocenters. The van der Waals surface area contributed by atoms with Gasteiger partial charge in [-0.25, -0.2) is 0 Å². The average Bonchev–Trinajstić information content (AvgIpc) is 0.762. The third kappa shape index (κ3) is 14.6. The molecule has 0 saturated heterocycles. The number of hydrogen-bond donors (Lipinski definition) is 0. The standard InChI is InChI=1S/C89H89BrN3.Ir/c1-85(2,3)65-33-38-71(79(52-65)74-35-30-59(49-77(74)57-24-18-16-19-25-57)82-54-67(40-43-91-82)87(7,8)9)63-46-62(70-28-22-23-29-73(70)76-37-32-61(51-81(76)90)84-56-69(42-45-93-84)89(13,14)15)47-64(48-63)72-39-34-66(86(4,5)6)53-80(72)75-36-31-60(50-78(75)58-26-20-17-21-27-58)83-55-68(41-44-92-83)88(10,11)12;/h16-29,33-45,49-56,62-64H,46-48H2,1-15H3;/q-3;+3. The van der Waals surface area contributed by atoms with Gasteiger partial charge in [-0.1, -0.05) is 308 Å². The Bertz CT molecular complexity index is 4310. The zero-order valence-corrected chi connectivity index (χ0v) is 61.6. The van der Waals surface area contributed by atoms with Crippen LogP contribution in [-0.4, -0.2) is 15.0 Å². The van der Waals surface area contributed by atoms with Gasteiger partial charge in [0.25, 0.3) is 0 Å². The van der Waals surface area contributed by atoms with Crippen molar-refractivity contribution in [3.05, 3.63) is 280 Å². The molecule has 1 saturated carbocycles. The molecule has 0 bridgehead atoms. The predicted octanol–water partition coefficient (Wildman–Crippen LogP) is 24.7. The topological polar surface area (TPSA) is 38.7 Å². The predicted molar refractivity (Wildman–Crippen MR) is 396 cm³/mol. The first-order chi connectivity index (χ1) is 44.2. The number of halogens is 1. The van der Waals surface area contributed by atoms with E-state index in [-0.39, 0.29) is 64.9 Å². The fourth-order valence-electron chi connectivity index (χ4n) is 13.8. The van der Waals surface area contributed by atoms with Crippen molar-refractivity contribution in [2.45, 2.75) is 168 Å². The van der Waals surface area contributed by atoms with Crippen LogP contribution in [-0.2, 0) is 47.2 Å². The van der Waals surface area contributed by atoms with Gasteiger partial charge >= 0.3 is 20.1 Å². The minimum absolute atomic E-state index is 0. The molecule has 1 aliphatic rings. The second-order valence-corrected chi connectivity index (χ2v) is 32.1. The number of rotatable bonds is 11. The summed E-state index contributed by atoms with van der Waals surface area (Å²) in [5.74, 6) is 0.465. The van der Waals surface area contributed by atoms with E-state index in [0.717, 1.165) is 63.1 Å². The molecule has 0 spiro atoms. The van der Waals surface area contributed by atoms with Crippen LogP contribution in [0.5, 0.6) is 0 Å². The fourth-order valence-corrected chi connectivity index (χ4v) is 14.3. The van der Waals surface area contributed by atoms with E-state index in [0.29, 0.717) is 0 Å². The van der Waals surface area contributed by atoms with Crippen LogP contribution in [0.4, 0.5) is 0 Å². The SMILES string of the molecule is CC(C)(C)c1ccnc(-c2[c-]cc(-c3ccccc3C3CC(c4ccc(C(C)(C)C)cc4-c4c[c-]c(-c5cc(C(C)(C)C)ccn5)cc4-c4ccccc4)CC(c4ccc(C(C)(C)C)cc4-c4c[c-]c(-c5cc(C(C)(C)C)ccn5)cc4-c4ccccc4)C3)c(Br)c2)c1.[Ir+3]. The van der Waals surface area contributed by atoms with Gasteiger partial charge in [-0.05, 0) is 155 Å². The molecule has 8 aromatic carbocycles. The molecule has 94 heavy (non-hydrogen) atoms. The minimum Gasteiger partial charge on any atom is -0.305 e. The van der Waals surface area contributed by atoms with Crippen LogP contribution in [0.15, 0.2) is 217 Å². The van der Waals surface area contributed by atoms with Crippen molar-refractivity contribution in [1.29, 1.82) is 0 Å². The Kier molecular flexibility index (Phi) is 19.4. The van der Waals surface area contributed by atoms with E-state index in [1.807, 2.05) is 18.6 Å². The normalized spacial score (nSPS) is 15.6. The quantitative estimate of drug-likeness (QED) is 0.121. The van der Waals surface area contributed by atoms with Gasteiger partial charge in [-0.3, -0.25) is 0 Å². The Balaban J connectivity index is 0.00000901. The van der Waals surface area contributed by atoms with Crippen LogP contribution in [0.1, 0.15) is 185 Å². The van der Waals surface area contributed by atoms with E-state index in [1.54, 1.807) is 0 Å². The monoisotopic (exact) mass is 1470 g/mol. The Morgan fingerprint density at radius 1 is 0.309 bits per heavy atom. The zero-order valence-electron chi connectivity index (χ0n) is 57.6. The van der Waals surface area contributed by atoms with Gasteiger partial charge in [0.05, 0.1) is 0 Å². The van der Waals surface area contributed by atoms with E-state index in [9.17, 15) is 0 Å². The average molecular weight is 1470 g/mol. The Morgan fingerprint density at radius 3 is 0.989 bits per heavy atom. The van der Waals surface area contributed by atoms with E-state index >= 15 is 0 Å². The maximum Gasteiger partial charge on any atom is 3.00 e. The van der Waals surface area contributed by atoms with Gasteiger partial charge in [0.2, 0.25) is 0 Å². The van der Waals surface area contributed by atoms with Crippen LogP contribution < -0.4 is 0 Å². The Labute approximate surface area is 583 Å². The number of pyridine rings is 3. The molecule has 3 heterocycles. The Morgan fingerprint density at radius 2 is 0.628 bits per heavy atom. The fraction of sp³-hybridized carbons (Fsp3) is 0.292. The van der Waals surface area contributed by atoms with Gasteiger partial charge in [0.1, 0.15) is 0 Å². The van der Waals surface area contributed by atoms with Crippen molar-refractivity contribution in [2.24, 2.45) is 0 Å². The second-order valence-electron chi connectivity index (χ2n) is 31.2. The van der Waals surface area contributed by atoms with Gasteiger partial charge in [0.15, 0.2) is 0 Å². The molecule has 0 aliphatic heterocycles. The van der Waals surface area contributed by atoms with Crippen LogP contribution in [0.3, 0.4) is 0 Å². The van der Waals surface area contributed by atoms with Crippen LogP contribution in [0.25, 0.3) is 89.4 Å². The molecule has 2 atom stereocenters. The molecule has 0 N–H and O–H groups in total. The van der Waals surface area contributed by atoms with Crippen LogP contribution in [0, 0.1) is 18.2 Å². The van der Waals surface area contributed by atoms with Gasteiger partial charge in [-0.2, -0.15) is 0 Å². The van der Waals surface area contributed by atoms with Crippen molar-refractivity contribution in [1.82, 2.24) is 15.0 Å². The van der Waals surface area contributed by atoms with Gasteiger partial charge in [-0.15, -0.1) is 71.3 Å². The number of nitrogens with zero attached hydrogens (tertiary/aromatic N) is 3. The van der Waals surface area contributed by atoms with Gasteiger partial charge in [0, 0.05) is 18.6 Å². The van der Waals surface area contributed by atoms with Crippen molar-refractivity contribution in [2.75, 3.05) is 0 Å². The zero-order chi connectivity index (χ0) is 65.8. The number of hydrogen-bond acceptors (Lipinski definition) is 3. The third-order valence-corrected chi connectivity index (χ3v) is 20.0. The molecule has 3 nitrogen and oxygen atoms in total. The van der Waals surface area contributed by atoms with E-state index in [1.165, 1.54) is 94.6 Å². The molecular formula is C89H89BrIrN3. The smallest absolute Gasteiger partial charge is 0.305 e. The van der Waals surface area contributed by atoms with Crippen molar-refractivity contribution in [3.63, 3.8) is 0 Å². The second kappa shape index (κ2) is 26.9. The largest absolute Gasteiger partial charge is 3.00 e. The molecule has 1 aliphatic carbocycles. The first kappa shape index (κ1) is 67.7. The third-order valence-electron chi connectivity index (χ3n) is 19.4. The maximum atomic E-state index is 4.99. The molecule has 12 rings (SSSR count). The number of aromatic nitrogens is 3. The summed E-state index contributed by atoms with van der Waals surface area (Å²) in [5, 5.41) is 0. The van der Waals surface area contributed by atoms with Crippen molar-refractivity contribution >= 4 is 15.9 Å². The van der Waals surface area contributed by atoms with Crippen molar-refractivity contribution < 1.29 is 20.1 Å². The molecule has 3 aromatic heterocycles. The summed E-state index contributed by atoms with van der Waals surface area (Å²) in [7, 11) is 0. The molecule has 11 aromatic rings. The summed E-state index contributed by atoms with van der Waals surface area (Å²) >= 11 is 4.16. The first-order valence-electron chi connectivity index (χ1n) is 33.4. The summed E-state index contributed by atoms with van der Waals surface area (Å²) in [6, 6.07) is 84.3. The molecule has 0 amide bonds. The van der Waals surface area contributed by atoms with E-state index in [2.05, 4.69) is 332 Å². The van der Waals surface area contributed by atoms with Crippen LogP contribution >= 0.6 is 15.9 Å². The number of benzene rings is 8. The minimum atomic E-state index is -0.110. The summed E-state index contributed by atoms with van der Waals surface area (Å²) < 4.78 is 1.03. The summed E-state index contributed by atoms with van der Waals surface area (Å²) in [6.45, 7) is 34.4. The van der Waals surface area contributed by atoms with Crippen LogP contribution in [0.2, 0.25) is 0 Å². The summed E-state index contributed by atoms with van der Waals surface area (Å²) in [5.41, 5.74) is 27.8. The Hall–Kier alpha value is -7.66. The van der Waals surface area contributed by atoms with Crippen molar-refractivity contribution in [3.8, 4) is 89.4 Å². The molecular weight excluding hydrogens is 1380 g/mol. The summed E-state index contributed by atoms with van der Waals surface area (Å²) in [4.78, 5) is 14.9. The maximum absolute atomic E-state index is 4.99.